The Morgan fingerprint density at radius 2 is 1.95 bits per heavy atom. The van der Waals surface area contributed by atoms with Gasteiger partial charge >= 0.3 is 5.97 Å². The Kier molecular flexibility index (Phi) is 3.58. The normalized spacial score (nSPS) is 11.3. The minimum absolute atomic E-state index is 0.0440. The number of nitrogens with zero attached hydrogens (tertiary/aromatic N) is 2. The molecular weight excluding hydrogens is 304 g/mol. The van der Waals surface area contributed by atoms with Crippen molar-refractivity contribution in [2.75, 3.05) is 0 Å². The molecule has 0 amide bonds. The summed E-state index contributed by atoms with van der Waals surface area (Å²) in [7, 11) is 0. The number of carboxylic acid groups (broad SMARTS) is 1. The van der Waals surface area contributed by atoms with Crippen molar-refractivity contribution in [1.29, 1.82) is 0 Å². The lowest BCUT2D eigenvalue weighted by atomic mass is 10.0. The summed E-state index contributed by atoms with van der Waals surface area (Å²) in [6.07, 6.45) is 0. The summed E-state index contributed by atoms with van der Waals surface area (Å²) < 4.78 is 5.24. The van der Waals surface area contributed by atoms with Crippen LogP contribution in [-0.4, -0.2) is 21.2 Å². The molecule has 0 unspecified atom stereocenters. The number of hydrogen-bond donors (Lipinski definition) is 1. The number of fused-ring (bicyclic) bond motifs is 1. The van der Waals surface area contributed by atoms with Gasteiger partial charge in [-0.25, -0.2) is 9.78 Å². The van der Waals surface area contributed by atoms with E-state index in [4.69, 9.17) is 16.1 Å². The zero-order valence-electron chi connectivity index (χ0n) is 12.0. The zero-order chi connectivity index (χ0) is 15.9. The average molecular weight is 317 g/mol. The molecule has 5 nitrogen and oxygen atoms in total. The maximum Gasteiger partial charge on any atom is 0.336 e. The van der Waals surface area contributed by atoms with Crippen LogP contribution in [0.3, 0.4) is 0 Å². The van der Waals surface area contributed by atoms with Crippen LogP contribution in [0.4, 0.5) is 0 Å². The molecule has 0 aliphatic rings. The van der Waals surface area contributed by atoms with Gasteiger partial charge in [0.1, 0.15) is 0 Å². The Hall–Kier alpha value is -2.40. The summed E-state index contributed by atoms with van der Waals surface area (Å²) in [5.74, 6) is -0.991. The summed E-state index contributed by atoms with van der Waals surface area (Å²) in [6, 6.07) is 8.55. The number of carboxylic acids is 1. The van der Waals surface area contributed by atoms with E-state index in [2.05, 4.69) is 10.1 Å². The van der Waals surface area contributed by atoms with Gasteiger partial charge in [-0.15, -0.1) is 0 Å². The van der Waals surface area contributed by atoms with E-state index >= 15 is 0 Å². The largest absolute Gasteiger partial charge is 0.478 e. The minimum Gasteiger partial charge on any atom is -0.478 e. The standard InChI is InChI=1S/C16H13ClN2O3/c1-8(2)14-13-11(16(20)21)7-12(18-15(13)22-19-14)9-3-5-10(17)6-4-9/h3-8H,1-2H3,(H,20,21). The first-order valence-electron chi connectivity index (χ1n) is 6.77. The SMILES string of the molecule is CC(C)c1noc2nc(-c3ccc(Cl)cc3)cc(C(=O)O)c12. The van der Waals surface area contributed by atoms with Gasteiger partial charge in [0.2, 0.25) is 0 Å². The number of pyridine rings is 1. The molecule has 3 aromatic rings. The van der Waals surface area contributed by atoms with E-state index in [0.29, 0.717) is 21.8 Å². The molecule has 0 saturated heterocycles. The molecule has 1 aromatic carbocycles. The zero-order valence-corrected chi connectivity index (χ0v) is 12.8. The number of rotatable bonds is 3. The summed E-state index contributed by atoms with van der Waals surface area (Å²) >= 11 is 5.87. The van der Waals surface area contributed by atoms with Crippen molar-refractivity contribution >= 4 is 28.7 Å². The van der Waals surface area contributed by atoms with Crippen LogP contribution in [-0.2, 0) is 0 Å². The first-order chi connectivity index (χ1) is 10.5. The van der Waals surface area contributed by atoms with Crippen molar-refractivity contribution in [3.8, 4) is 11.3 Å². The molecule has 22 heavy (non-hydrogen) atoms. The Labute approximate surface area is 131 Å². The molecule has 0 bridgehead atoms. The van der Waals surface area contributed by atoms with Gasteiger partial charge in [0.15, 0.2) is 0 Å². The topological polar surface area (TPSA) is 76.2 Å². The fourth-order valence-corrected chi connectivity index (χ4v) is 2.43. The molecule has 1 N–H and O–H groups in total. The summed E-state index contributed by atoms with van der Waals surface area (Å²) in [5.41, 5.74) is 2.24. The van der Waals surface area contributed by atoms with Gasteiger partial charge in [-0.2, -0.15) is 0 Å². The highest BCUT2D eigenvalue weighted by atomic mass is 35.5. The highest BCUT2D eigenvalue weighted by Crippen LogP contribution is 2.30. The first-order valence-corrected chi connectivity index (χ1v) is 7.14. The van der Waals surface area contributed by atoms with E-state index in [1.54, 1.807) is 24.3 Å². The summed E-state index contributed by atoms with van der Waals surface area (Å²) in [5, 5.41) is 14.5. The fourth-order valence-electron chi connectivity index (χ4n) is 2.30. The number of aromatic carboxylic acids is 1. The molecular formula is C16H13ClN2O3. The van der Waals surface area contributed by atoms with Crippen LogP contribution in [0.5, 0.6) is 0 Å². The van der Waals surface area contributed by atoms with Crippen LogP contribution >= 0.6 is 11.6 Å². The summed E-state index contributed by atoms with van der Waals surface area (Å²) in [6.45, 7) is 3.85. The number of hydrogen-bond acceptors (Lipinski definition) is 4. The number of aromatic nitrogens is 2. The van der Waals surface area contributed by atoms with Crippen molar-refractivity contribution in [2.45, 2.75) is 19.8 Å². The van der Waals surface area contributed by atoms with Crippen LogP contribution in [0.1, 0.15) is 35.8 Å². The third kappa shape index (κ3) is 2.44. The van der Waals surface area contributed by atoms with Crippen LogP contribution < -0.4 is 0 Å². The molecule has 6 heteroatoms. The van der Waals surface area contributed by atoms with Gasteiger partial charge in [0.25, 0.3) is 5.71 Å². The van der Waals surface area contributed by atoms with Crippen molar-refractivity contribution in [3.05, 3.63) is 46.6 Å². The Morgan fingerprint density at radius 1 is 1.27 bits per heavy atom. The van der Waals surface area contributed by atoms with Crippen LogP contribution in [0, 0.1) is 0 Å². The molecule has 112 valence electrons. The lowest BCUT2D eigenvalue weighted by Gasteiger charge is -2.05. The lowest BCUT2D eigenvalue weighted by Crippen LogP contribution is -2.01. The third-order valence-electron chi connectivity index (χ3n) is 3.39. The number of halogens is 1. The predicted octanol–water partition coefficient (Wildman–Crippen LogP) is 4.36. The van der Waals surface area contributed by atoms with Crippen molar-refractivity contribution in [3.63, 3.8) is 0 Å². The Morgan fingerprint density at radius 3 is 2.55 bits per heavy atom. The molecule has 3 rings (SSSR count). The fraction of sp³-hybridized carbons (Fsp3) is 0.188. The quantitative estimate of drug-likeness (QED) is 0.776. The van der Waals surface area contributed by atoms with Gasteiger partial charge in [-0.3, -0.25) is 0 Å². The van der Waals surface area contributed by atoms with E-state index in [0.717, 1.165) is 5.56 Å². The first kappa shape index (κ1) is 14.5. The summed E-state index contributed by atoms with van der Waals surface area (Å²) in [4.78, 5) is 16.0. The monoisotopic (exact) mass is 316 g/mol. The maximum atomic E-state index is 11.6. The van der Waals surface area contributed by atoms with Crippen molar-refractivity contribution < 1.29 is 14.4 Å². The second-order valence-electron chi connectivity index (χ2n) is 5.27. The van der Waals surface area contributed by atoms with Crippen LogP contribution in [0.15, 0.2) is 34.9 Å². The molecule has 0 aliphatic carbocycles. The highest BCUT2D eigenvalue weighted by Gasteiger charge is 2.22. The van der Waals surface area contributed by atoms with Gasteiger partial charge in [0.05, 0.1) is 22.3 Å². The van der Waals surface area contributed by atoms with E-state index < -0.39 is 5.97 Å². The van der Waals surface area contributed by atoms with Crippen LogP contribution in [0.25, 0.3) is 22.4 Å². The highest BCUT2D eigenvalue weighted by molar-refractivity contribution is 6.30. The lowest BCUT2D eigenvalue weighted by molar-refractivity contribution is 0.0699. The van der Waals surface area contributed by atoms with Gasteiger partial charge in [-0.05, 0) is 24.1 Å². The second kappa shape index (κ2) is 5.42. The Balaban J connectivity index is 2.27. The van der Waals surface area contributed by atoms with Crippen LogP contribution in [0.2, 0.25) is 5.02 Å². The smallest absolute Gasteiger partial charge is 0.336 e. The van der Waals surface area contributed by atoms with Gasteiger partial charge in [-0.1, -0.05) is 42.7 Å². The van der Waals surface area contributed by atoms with Gasteiger partial charge in [0, 0.05) is 10.6 Å². The molecule has 0 radical (unpaired) electrons. The predicted molar refractivity (Wildman–Crippen MR) is 83.3 cm³/mol. The Bertz CT molecular complexity index is 854. The second-order valence-corrected chi connectivity index (χ2v) is 5.71. The molecule has 0 atom stereocenters. The third-order valence-corrected chi connectivity index (χ3v) is 3.64. The number of benzene rings is 1. The average Bonchev–Trinajstić information content (AvgIpc) is 2.90. The van der Waals surface area contributed by atoms with E-state index in [-0.39, 0.29) is 17.2 Å². The minimum atomic E-state index is -1.03. The molecule has 0 spiro atoms. The number of carbonyl (C=O) groups is 1. The van der Waals surface area contributed by atoms with Gasteiger partial charge < -0.3 is 9.63 Å². The molecule has 0 aliphatic heterocycles. The molecule has 0 saturated carbocycles. The van der Waals surface area contributed by atoms with E-state index in [9.17, 15) is 9.90 Å². The molecule has 0 fully saturated rings. The molecule has 2 heterocycles. The van der Waals surface area contributed by atoms with E-state index in [1.165, 1.54) is 6.07 Å². The maximum absolute atomic E-state index is 11.6. The molecule has 2 aromatic heterocycles. The van der Waals surface area contributed by atoms with Crippen molar-refractivity contribution in [2.24, 2.45) is 0 Å². The van der Waals surface area contributed by atoms with E-state index in [1.807, 2.05) is 13.8 Å². The van der Waals surface area contributed by atoms with Crippen molar-refractivity contribution in [1.82, 2.24) is 10.1 Å².